The van der Waals surface area contributed by atoms with Gasteiger partial charge in [0.05, 0.1) is 10.0 Å². The minimum atomic E-state index is 0.0252. The van der Waals surface area contributed by atoms with Crippen LogP contribution in [0.2, 0.25) is 20.1 Å². The molecule has 1 nitrogen and oxygen atoms in total. The molecule has 0 saturated heterocycles. The zero-order valence-electron chi connectivity index (χ0n) is 11.5. The predicted octanol–water partition coefficient (Wildman–Crippen LogP) is 6.19. The van der Waals surface area contributed by atoms with E-state index in [1.807, 2.05) is 31.2 Å². The van der Waals surface area contributed by atoms with E-state index in [0.717, 1.165) is 17.7 Å². The van der Waals surface area contributed by atoms with Gasteiger partial charge >= 0.3 is 0 Å². The zero-order valence-corrected chi connectivity index (χ0v) is 14.5. The molecule has 21 heavy (non-hydrogen) atoms. The fourth-order valence-corrected chi connectivity index (χ4v) is 3.07. The van der Waals surface area contributed by atoms with Gasteiger partial charge in [0.1, 0.15) is 0 Å². The molecule has 0 bridgehead atoms. The molecule has 5 heteroatoms. The van der Waals surface area contributed by atoms with Gasteiger partial charge < -0.3 is 5.32 Å². The molecule has 0 aliphatic heterocycles. The molecular formula is C16H15Cl4N. The summed E-state index contributed by atoms with van der Waals surface area (Å²) in [6, 6.07) is 11.1. The van der Waals surface area contributed by atoms with Crippen LogP contribution in [0.5, 0.6) is 0 Å². The van der Waals surface area contributed by atoms with Crippen molar-refractivity contribution in [1.29, 1.82) is 0 Å². The highest BCUT2D eigenvalue weighted by atomic mass is 35.5. The lowest BCUT2D eigenvalue weighted by Gasteiger charge is -2.21. The van der Waals surface area contributed by atoms with E-state index in [1.165, 1.54) is 0 Å². The van der Waals surface area contributed by atoms with Crippen LogP contribution in [0.15, 0.2) is 36.4 Å². The summed E-state index contributed by atoms with van der Waals surface area (Å²) in [7, 11) is 0. The van der Waals surface area contributed by atoms with Gasteiger partial charge in [0, 0.05) is 16.1 Å². The monoisotopic (exact) mass is 361 g/mol. The lowest BCUT2D eigenvalue weighted by Crippen LogP contribution is -2.23. The van der Waals surface area contributed by atoms with Gasteiger partial charge in [-0.3, -0.25) is 0 Å². The second-order valence-corrected chi connectivity index (χ2v) is 6.32. The summed E-state index contributed by atoms with van der Waals surface area (Å²) in [5.74, 6) is 0. The molecule has 0 amide bonds. The van der Waals surface area contributed by atoms with Crippen LogP contribution < -0.4 is 5.32 Å². The molecule has 0 aliphatic rings. The van der Waals surface area contributed by atoms with Crippen LogP contribution in [0.3, 0.4) is 0 Å². The maximum Gasteiger partial charge on any atom is 0.0624 e. The average Bonchev–Trinajstić information content (AvgIpc) is 2.46. The number of nitrogens with one attached hydrogen (secondary N) is 1. The van der Waals surface area contributed by atoms with Gasteiger partial charge in [-0.25, -0.2) is 0 Å². The van der Waals surface area contributed by atoms with Crippen LogP contribution in [-0.2, 0) is 6.42 Å². The van der Waals surface area contributed by atoms with E-state index in [0.29, 0.717) is 26.5 Å². The molecule has 112 valence electrons. The third kappa shape index (κ3) is 4.28. The SMILES string of the molecule is CCNC(Cc1cccc(Cl)c1Cl)c1cc(Cl)ccc1Cl. The smallest absolute Gasteiger partial charge is 0.0624 e. The van der Waals surface area contributed by atoms with Crippen molar-refractivity contribution >= 4 is 46.4 Å². The van der Waals surface area contributed by atoms with E-state index in [1.54, 1.807) is 12.1 Å². The molecule has 0 radical (unpaired) electrons. The fourth-order valence-electron chi connectivity index (χ4n) is 2.25. The third-order valence-corrected chi connectivity index (χ3v) is 4.68. The minimum Gasteiger partial charge on any atom is -0.310 e. The van der Waals surface area contributed by atoms with Gasteiger partial charge in [0.2, 0.25) is 0 Å². The molecule has 1 atom stereocenters. The Kier molecular flexibility index (Phi) is 6.21. The summed E-state index contributed by atoms with van der Waals surface area (Å²) in [6.07, 6.45) is 0.688. The molecule has 0 aromatic heterocycles. The van der Waals surface area contributed by atoms with Gasteiger partial charge in [-0.05, 0) is 48.4 Å². The Hall–Kier alpha value is -0.440. The van der Waals surface area contributed by atoms with E-state index in [-0.39, 0.29) is 6.04 Å². The largest absolute Gasteiger partial charge is 0.310 e. The zero-order chi connectivity index (χ0) is 15.4. The number of hydrogen-bond acceptors (Lipinski definition) is 1. The summed E-state index contributed by atoms with van der Waals surface area (Å²) in [5, 5.41) is 5.90. The van der Waals surface area contributed by atoms with E-state index < -0.39 is 0 Å². The first-order chi connectivity index (χ1) is 10.0. The highest BCUT2D eigenvalue weighted by Gasteiger charge is 2.17. The van der Waals surface area contributed by atoms with Crippen molar-refractivity contribution in [3.8, 4) is 0 Å². The fraction of sp³-hybridized carbons (Fsp3) is 0.250. The van der Waals surface area contributed by atoms with Gasteiger partial charge in [-0.15, -0.1) is 0 Å². The first-order valence-electron chi connectivity index (χ1n) is 6.64. The van der Waals surface area contributed by atoms with Crippen molar-refractivity contribution in [1.82, 2.24) is 5.32 Å². The predicted molar refractivity (Wildman–Crippen MR) is 93.0 cm³/mol. The summed E-state index contributed by atoms with van der Waals surface area (Å²) >= 11 is 24.7. The van der Waals surface area contributed by atoms with Gasteiger partial charge in [0.15, 0.2) is 0 Å². The Morgan fingerprint density at radius 2 is 1.76 bits per heavy atom. The molecular weight excluding hydrogens is 348 g/mol. The second kappa shape index (κ2) is 7.71. The van der Waals surface area contributed by atoms with Crippen molar-refractivity contribution in [3.05, 3.63) is 67.6 Å². The maximum atomic E-state index is 6.31. The number of hydrogen-bond donors (Lipinski definition) is 1. The normalized spacial score (nSPS) is 12.4. The molecule has 2 rings (SSSR count). The van der Waals surface area contributed by atoms with Crippen molar-refractivity contribution in [2.24, 2.45) is 0 Å². The molecule has 0 aliphatic carbocycles. The Morgan fingerprint density at radius 3 is 2.48 bits per heavy atom. The van der Waals surface area contributed by atoms with Crippen molar-refractivity contribution in [2.75, 3.05) is 6.54 Å². The van der Waals surface area contributed by atoms with E-state index in [2.05, 4.69) is 5.32 Å². The van der Waals surface area contributed by atoms with Crippen LogP contribution >= 0.6 is 46.4 Å². The van der Waals surface area contributed by atoms with Crippen LogP contribution in [0, 0.1) is 0 Å². The molecule has 0 spiro atoms. The molecule has 1 unspecified atom stereocenters. The van der Waals surface area contributed by atoms with E-state index in [9.17, 15) is 0 Å². The first kappa shape index (κ1) is 16.9. The Labute approximate surface area is 145 Å². The molecule has 2 aromatic rings. The lowest BCUT2D eigenvalue weighted by atomic mass is 9.98. The molecule has 0 saturated carbocycles. The topological polar surface area (TPSA) is 12.0 Å². The summed E-state index contributed by atoms with van der Waals surface area (Å²) in [4.78, 5) is 0. The summed E-state index contributed by atoms with van der Waals surface area (Å²) in [5.41, 5.74) is 1.94. The minimum absolute atomic E-state index is 0.0252. The third-order valence-electron chi connectivity index (χ3n) is 3.24. The first-order valence-corrected chi connectivity index (χ1v) is 8.15. The van der Waals surface area contributed by atoms with Crippen LogP contribution in [-0.4, -0.2) is 6.54 Å². The number of benzene rings is 2. The molecule has 0 fully saturated rings. The number of halogens is 4. The van der Waals surface area contributed by atoms with Crippen LogP contribution in [0.4, 0.5) is 0 Å². The Balaban J connectivity index is 2.35. The Bertz CT molecular complexity index is 628. The number of rotatable bonds is 5. The van der Waals surface area contributed by atoms with Crippen molar-refractivity contribution in [2.45, 2.75) is 19.4 Å². The number of likely N-dealkylation sites (N-methyl/N-ethyl adjacent to an activating group) is 1. The molecule has 0 heterocycles. The molecule has 1 N–H and O–H groups in total. The lowest BCUT2D eigenvalue weighted by molar-refractivity contribution is 0.550. The van der Waals surface area contributed by atoms with E-state index in [4.69, 9.17) is 46.4 Å². The second-order valence-electron chi connectivity index (χ2n) is 4.69. The summed E-state index contributed by atoms with van der Waals surface area (Å²) < 4.78 is 0. The highest BCUT2D eigenvalue weighted by molar-refractivity contribution is 6.42. The standard InChI is InChI=1S/C16H15Cl4N/c1-2-21-15(12-9-11(17)6-7-13(12)18)8-10-4-3-5-14(19)16(10)20/h3-7,9,15,21H,2,8H2,1H3. The molecule has 2 aromatic carbocycles. The van der Waals surface area contributed by atoms with Gasteiger partial charge in [0.25, 0.3) is 0 Å². The maximum absolute atomic E-state index is 6.31. The highest BCUT2D eigenvalue weighted by Crippen LogP contribution is 2.32. The quantitative estimate of drug-likeness (QED) is 0.668. The average molecular weight is 363 g/mol. The van der Waals surface area contributed by atoms with Gasteiger partial charge in [-0.1, -0.05) is 65.5 Å². The summed E-state index contributed by atoms with van der Waals surface area (Å²) in [6.45, 7) is 2.86. The van der Waals surface area contributed by atoms with Gasteiger partial charge in [-0.2, -0.15) is 0 Å². The van der Waals surface area contributed by atoms with Crippen molar-refractivity contribution < 1.29 is 0 Å². The van der Waals surface area contributed by atoms with E-state index >= 15 is 0 Å². The Morgan fingerprint density at radius 1 is 1.00 bits per heavy atom. The van der Waals surface area contributed by atoms with Crippen LogP contribution in [0.25, 0.3) is 0 Å². The van der Waals surface area contributed by atoms with Crippen LogP contribution in [0.1, 0.15) is 24.1 Å². The van der Waals surface area contributed by atoms with Crippen molar-refractivity contribution in [3.63, 3.8) is 0 Å².